The molecule has 3 aromatic rings. The second-order valence-electron chi connectivity index (χ2n) is 7.65. The van der Waals surface area contributed by atoms with Gasteiger partial charge < -0.3 is 9.64 Å². The molecule has 6 nitrogen and oxygen atoms in total. The van der Waals surface area contributed by atoms with E-state index in [4.69, 9.17) is 9.72 Å². The van der Waals surface area contributed by atoms with Crippen molar-refractivity contribution in [3.8, 4) is 11.3 Å². The van der Waals surface area contributed by atoms with E-state index in [9.17, 15) is 4.79 Å². The van der Waals surface area contributed by atoms with Crippen LogP contribution < -0.4 is 0 Å². The largest absolute Gasteiger partial charge is 0.377 e. The van der Waals surface area contributed by atoms with E-state index < -0.39 is 0 Å². The van der Waals surface area contributed by atoms with Gasteiger partial charge in [-0.25, -0.2) is 4.98 Å². The van der Waals surface area contributed by atoms with E-state index >= 15 is 0 Å². The topological polar surface area (TPSA) is 60.2 Å². The molecule has 0 aliphatic carbocycles. The maximum atomic E-state index is 13.6. The first-order valence-corrected chi connectivity index (χ1v) is 9.18. The van der Waals surface area contributed by atoms with Crippen LogP contribution in [-0.4, -0.2) is 50.9 Å². The van der Waals surface area contributed by atoms with Crippen LogP contribution in [0.3, 0.4) is 0 Å². The standard InChI is InChI=1S/C21H24N4O2/c1-14-18-16(20(26)25-10-11-27-13-21(25,2)3)12-17(15-8-6-5-7-9-15)22-19(18)24(4)23-14/h5-9,12H,10-11,13H2,1-4H3. The zero-order valence-corrected chi connectivity index (χ0v) is 16.2. The fraction of sp³-hybridized carbons (Fsp3) is 0.381. The first kappa shape index (κ1) is 17.7. The number of fused-ring (bicyclic) bond motifs is 1. The van der Waals surface area contributed by atoms with Crippen molar-refractivity contribution in [2.24, 2.45) is 7.05 Å². The van der Waals surface area contributed by atoms with Crippen molar-refractivity contribution in [2.45, 2.75) is 26.3 Å². The summed E-state index contributed by atoms with van der Waals surface area (Å²) in [6, 6.07) is 11.8. The van der Waals surface area contributed by atoms with Gasteiger partial charge in [0, 0.05) is 19.2 Å². The van der Waals surface area contributed by atoms with Gasteiger partial charge in [0.15, 0.2) is 5.65 Å². The minimum atomic E-state index is -0.353. The smallest absolute Gasteiger partial charge is 0.255 e. The third kappa shape index (κ3) is 3.00. The van der Waals surface area contributed by atoms with Crippen LogP contribution in [0.4, 0.5) is 0 Å². The number of hydrogen-bond acceptors (Lipinski definition) is 4. The lowest BCUT2D eigenvalue weighted by molar-refractivity contribution is -0.0369. The number of carbonyl (C=O) groups is 1. The van der Waals surface area contributed by atoms with Gasteiger partial charge in [-0.1, -0.05) is 30.3 Å². The maximum Gasteiger partial charge on any atom is 0.255 e. The molecule has 140 valence electrons. The molecule has 1 fully saturated rings. The van der Waals surface area contributed by atoms with Gasteiger partial charge in [-0.05, 0) is 26.8 Å². The molecule has 4 rings (SSSR count). The molecule has 27 heavy (non-hydrogen) atoms. The summed E-state index contributed by atoms with van der Waals surface area (Å²) in [5, 5.41) is 5.33. The highest BCUT2D eigenvalue weighted by Gasteiger charge is 2.36. The van der Waals surface area contributed by atoms with Crippen molar-refractivity contribution >= 4 is 16.9 Å². The summed E-state index contributed by atoms with van der Waals surface area (Å²) in [5.41, 5.74) is 3.60. The van der Waals surface area contributed by atoms with Crippen molar-refractivity contribution in [1.82, 2.24) is 19.7 Å². The molecule has 1 amide bonds. The van der Waals surface area contributed by atoms with Gasteiger partial charge in [-0.2, -0.15) is 5.10 Å². The molecule has 2 aromatic heterocycles. The van der Waals surface area contributed by atoms with Crippen LogP contribution >= 0.6 is 0 Å². The molecule has 6 heteroatoms. The third-order valence-electron chi connectivity index (χ3n) is 5.16. The Labute approximate surface area is 158 Å². The highest BCUT2D eigenvalue weighted by Crippen LogP contribution is 2.30. The number of pyridine rings is 1. The molecule has 1 aromatic carbocycles. The number of ether oxygens (including phenoxy) is 1. The number of hydrogen-bond donors (Lipinski definition) is 0. The fourth-order valence-corrected chi connectivity index (χ4v) is 3.75. The second-order valence-corrected chi connectivity index (χ2v) is 7.65. The summed E-state index contributed by atoms with van der Waals surface area (Å²) in [4.78, 5) is 20.3. The first-order chi connectivity index (χ1) is 12.9. The Morgan fingerprint density at radius 2 is 1.96 bits per heavy atom. The number of benzene rings is 1. The van der Waals surface area contributed by atoms with E-state index in [1.54, 1.807) is 4.68 Å². The van der Waals surface area contributed by atoms with Gasteiger partial charge in [0.05, 0.1) is 41.1 Å². The van der Waals surface area contributed by atoms with Gasteiger partial charge in [-0.3, -0.25) is 9.48 Å². The Morgan fingerprint density at radius 1 is 1.22 bits per heavy atom. The molecular weight excluding hydrogens is 340 g/mol. The molecule has 0 bridgehead atoms. The van der Waals surface area contributed by atoms with Gasteiger partial charge in [-0.15, -0.1) is 0 Å². The summed E-state index contributed by atoms with van der Waals surface area (Å²) in [6.07, 6.45) is 0. The summed E-state index contributed by atoms with van der Waals surface area (Å²) in [7, 11) is 1.87. The molecule has 1 aliphatic rings. The summed E-state index contributed by atoms with van der Waals surface area (Å²) >= 11 is 0. The Morgan fingerprint density at radius 3 is 2.67 bits per heavy atom. The molecule has 1 aliphatic heterocycles. The Hall–Kier alpha value is -2.73. The SMILES string of the molecule is Cc1nn(C)c2nc(-c3ccccc3)cc(C(=O)N3CCOCC3(C)C)c12. The number of amides is 1. The highest BCUT2D eigenvalue weighted by atomic mass is 16.5. The van der Waals surface area contributed by atoms with E-state index in [0.29, 0.717) is 25.3 Å². The number of aryl methyl sites for hydroxylation is 2. The van der Waals surface area contributed by atoms with Crippen molar-refractivity contribution in [3.63, 3.8) is 0 Å². The van der Waals surface area contributed by atoms with E-state index in [1.807, 2.05) is 69.1 Å². The van der Waals surface area contributed by atoms with Crippen LogP contribution in [0.5, 0.6) is 0 Å². The van der Waals surface area contributed by atoms with Crippen LogP contribution in [0, 0.1) is 6.92 Å². The fourth-order valence-electron chi connectivity index (χ4n) is 3.75. The minimum absolute atomic E-state index is 0.00369. The van der Waals surface area contributed by atoms with Gasteiger partial charge >= 0.3 is 0 Å². The molecule has 0 unspecified atom stereocenters. The molecular formula is C21H24N4O2. The van der Waals surface area contributed by atoms with E-state index in [2.05, 4.69) is 5.10 Å². The van der Waals surface area contributed by atoms with Crippen molar-refractivity contribution in [1.29, 1.82) is 0 Å². The van der Waals surface area contributed by atoms with Crippen molar-refractivity contribution < 1.29 is 9.53 Å². The van der Waals surface area contributed by atoms with E-state index in [1.165, 1.54) is 0 Å². The third-order valence-corrected chi connectivity index (χ3v) is 5.16. The Balaban J connectivity index is 1.92. The van der Waals surface area contributed by atoms with Gasteiger partial charge in [0.1, 0.15) is 0 Å². The molecule has 3 heterocycles. The average molecular weight is 364 g/mol. The van der Waals surface area contributed by atoms with Crippen molar-refractivity contribution in [3.05, 3.63) is 47.7 Å². The molecule has 0 radical (unpaired) electrons. The zero-order valence-electron chi connectivity index (χ0n) is 16.2. The minimum Gasteiger partial charge on any atom is -0.377 e. The normalized spacial score (nSPS) is 16.7. The first-order valence-electron chi connectivity index (χ1n) is 9.18. The lowest BCUT2D eigenvalue weighted by Crippen LogP contribution is -2.55. The average Bonchev–Trinajstić information content (AvgIpc) is 2.95. The van der Waals surface area contributed by atoms with E-state index in [-0.39, 0.29) is 11.4 Å². The summed E-state index contributed by atoms with van der Waals surface area (Å²) in [6.45, 7) is 7.67. The maximum absolute atomic E-state index is 13.6. The zero-order chi connectivity index (χ0) is 19.2. The number of carbonyl (C=O) groups excluding carboxylic acids is 1. The molecule has 0 atom stereocenters. The summed E-state index contributed by atoms with van der Waals surface area (Å²) < 4.78 is 7.34. The Kier molecular flexibility index (Phi) is 4.23. The highest BCUT2D eigenvalue weighted by molar-refractivity contribution is 6.07. The van der Waals surface area contributed by atoms with Crippen LogP contribution in [0.1, 0.15) is 29.9 Å². The second kappa shape index (κ2) is 6.46. The van der Waals surface area contributed by atoms with Crippen LogP contribution in [0.25, 0.3) is 22.3 Å². The van der Waals surface area contributed by atoms with E-state index in [0.717, 1.165) is 28.0 Å². The molecule has 0 spiro atoms. The molecule has 1 saturated heterocycles. The van der Waals surface area contributed by atoms with Crippen LogP contribution in [0.2, 0.25) is 0 Å². The van der Waals surface area contributed by atoms with Crippen LogP contribution in [-0.2, 0) is 11.8 Å². The lowest BCUT2D eigenvalue weighted by Gasteiger charge is -2.42. The number of morpholine rings is 1. The Bertz CT molecular complexity index is 1010. The lowest BCUT2D eigenvalue weighted by atomic mass is 9.99. The van der Waals surface area contributed by atoms with Gasteiger partial charge in [0.2, 0.25) is 0 Å². The van der Waals surface area contributed by atoms with Crippen LogP contribution in [0.15, 0.2) is 36.4 Å². The quantitative estimate of drug-likeness (QED) is 0.701. The number of rotatable bonds is 2. The van der Waals surface area contributed by atoms with Crippen molar-refractivity contribution in [2.75, 3.05) is 19.8 Å². The summed E-state index contributed by atoms with van der Waals surface area (Å²) in [5.74, 6) is 0.00369. The predicted molar refractivity (Wildman–Crippen MR) is 105 cm³/mol. The number of aromatic nitrogens is 3. The number of nitrogens with zero attached hydrogens (tertiary/aromatic N) is 4. The van der Waals surface area contributed by atoms with Gasteiger partial charge in [0.25, 0.3) is 5.91 Å². The molecule has 0 N–H and O–H groups in total. The molecule has 0 saturated carbocycles. The predicted octanol–water partition coefficient (Wildman–Crippen LogP) is 3.19. The monoisotopic (exact) mass is 364 g/mol.